The lowest BCUT2D eigenvalue weighted by Gasteiger charge is -2.35. The first-order valence-corrected chi connectivity index (χ1v) is 9.63. The topological polar surface area (TPSA) is 75.9 Å². The highest BCUT2D eigenvalue weighted by atomic mass is 16.5. The standard InChI is InChI=1S/C20H22N6O2/c1-28-16-6-4-15(5-7-16)20(27)25-12-10-24(11-13-25)18-9-8-17-21-22-19(14-2-3-14)26(17)23-18/h4-9,14H,2-3,10-13H2,1H3. The smallest absolute Gasteiger partial charge is 0.253 e. The minimum Gasteiger partial charge on any atom is -0.497 e. The minimum atomic E-state index is 0.0561. The molecule has 0 N–H and O–H groups in total. The van der Waals surface area contributed by atoms with Crippen LogP contribution in [0.25, 0.3) is 5.65 Å². The molecule has 2 fully saturated rings. The van der Waals surface area contributed by atoms with E-state index in [4.69, 9.17) is 9.84 Å². The summed E-state index contributed by atoms with van der Waals surface area (Å²) in [4.78, 5) is 16.8. The van der Waals surface area contributed by atoms with Gasteiger partial charge in [-0.1, -0.05) is 0 Å². The van der Waals surface area contributed by atoms with E-state index in [0.717, 1.165) is 36.1 Å². The molecule has 0 radical (unpaired) electrons. The fraction of sp³-hybridized carbons (Fsp3) is 0.400. The van der Waals surface area contributed by atoms with Crippen LogP contribution < -0.4 is 9.64 Å². The van der Waals surface area contributed by atoms with Crippen molar-refractivity contribution in [2.45, 2.75) is 18.8 Å². The number of carbonyl (C=O) groups is 1. The van der Waals surface area contributed by atoms with Crippen molar-refractivity contribution in [1.82, 2.24) is 24.7 Å². The number of fused-ring (bicyclic) bond motifs is 1. The van der Waals surface area contributed by atoms with E-state index in [1.807, 2.05) is 45.8 Å². The molecule has 0 bridgehead atoms. The number of nitrogens with zero attached hydrogens (tertiary/aromatic N) is 6. The number of hydrogen-bond acceptors (Lipinski definition) is 6. The van der Waals surface area contributed by atoms with Gasteiger partial charge in [-0.15, -0.1) is 15.3 Å². The first-order valence-electron chi connectivity index (χ1n) is 9.63. The largest absolute Gasteiger partial charge is 0.497 e. The van der Waals surface area contributed by atoms with Crippen LogP contribution in [0.5, 0.6) is 5.75 Å². The fourth-order valence-electron chi connectivity index (χ4n) is 3.62. The Labute approximate surface area is 162 Å². The summed E-state index contributed by atoms with van der Waals surface area (Å²) in [6.45, 7) is 2.84. The van der Waals surface area contributed by atoms with E-state index in [2.05, 4.69) is 15.1 Å². The predicted molar refractivity (Wildman–Crippen MR) is 104 cm³/mol. The van der Waals surface area contributed by atoms with Crippen molar-refractivity contribution >= 4 is 17.4 Å². The third-order valence-corrected chi connectivity index (χ3v) is 5.44. The average Bonchev–Trinajstić information content (AvgIpc) is 3.52. The average molecular weight is 378 g/mol. The predicted octanol–water partition coefficient (Wildman–Crippen LogP) is 1.97. The lowest BCUT2D eigenvalue weighted by atomic mass is 10.1. The van der Waals surface area contributed by atoms with Crippen LogP contribution in [0.4, 0.5) is 5.82 Å². The van der Waals surface area contributed by atoms with E-state index in [0.29, 0.717) is 24.6 Å². The van der Waals surface area contributed by atoms with E-state index in [-0.39, 0.29) is 5.91 Å². The Balaban J connectivity index is 1.28. The van der Waals surface area contributed by atoms with Crippen molar-refractivity contribution < 1.29 is 9.53 Å². The van der Waals surface area contributed by atoms with Crippen molar-refractivity contribution in [2.24, 2.45) is 0 Å². The highest BCUT2D eigenvalue weighted by Gasteiger charge is 2.30. The van der Waals surface area contributed by atoms with Crippen LogP contribution in [0.2, 0.25) is 0 Å². The fourth-order valence-corrected chi connectivity index (χ4v) is 3.62. The lowest BCUT2D eigenvalue weighted by Crippen LogP contribution is -2.49. The van der Waals surface area contributed by atoms with E-state index < -0.39 is 0 Å². The maximum Gasteiger partial charge on any atom is 0.253 e. The maximum absolute atomic E-state index is 12.7. The monoisotopic (exact) mass is 378 g/mol. The molecule has 144 valence electrons. The highest BCUT2D eigenvalue weighted by molar-refractivity contribution is 5.94. The Morgan fingerprint density at radius 1 is 1.00 bits per heavy atom. The van der Waals surface area contributed by atoms with Crippen LogP contribution in [-0.4, -0.2) is 63.9 Å². The number of ether oxygens (including phenoxy) is 1. The summed E-state index contributed by atoms with van der Waals surface area (Å²) in [5, 5.41) is 13.3. The molecule has 1 saturated heterocycles. The van der Waals surface area contributed by atoms with Crippen LogP contribution in [0.3, 0.4) is 0 Å². The molecule has 1 aliphatic carbocycles. The summed E-state index contributed by atoms with van der Waals surface area (Å²) in [5.41, 5.74) is 1.48. The summed E-state index contributed by atoms with van der Waals surface area (Å²) in [6.07, 6.45) is 2.33. The molecule has 1 aliphatic heterocycles. The number of hydrogen-bond donors (Lipinski definition) is 0. The molecule has 2 aromatic heterocycles. The molecular formula is C20H22N6O2. The third-order valence-electron chi connectivity index (χ3n) is 5.44. The number of methoxy groups -OCH3 is 1. The quantitative estimate of drug-likeness (QED) is 0.691. The van der Waals surface area contributed by atoms with Gasteiger partial charge in [-0.3, -0.25) is 4.79 Å². The Kier molecular flexibility index (Phi) is 4.11. The van der Waals surface area contributed by atoms with Crippen molar-refractivity contribution in [3.8, 4) is 5.75 Å². The molecule has 8 heteroatoms. The molecule has 3 aromatic rings. The molecule has 5 rings (SSSR count). The van der Waals surface area contributed by atoms with Crippen LogP contribution in [0.15, 0.2) is 36.4 Å². The maximum atomic E-state index is 12.7. The van der Waals surface area contributed by atoms with Gasteiger partial charge in [0.2, 0.25) is 0 Å². The van der Waals surface area contributed by atoms with Gasteiger partial charge in [0.25, 0.3) is 5.91 Å². The number of piperazine rings is 1. The van der Waals surface area contributed by atoms with Gasteiger partial charge in [-0.2, -0.15) is 4.52 Å². The summed E-state index contributed by atoms with van der Waals surface area (Å²) in [6, 6.07) is 11.2. The first kappa shape index (κ1) is 17.0. The molecule has 1 amide bonds. The molecular weight excluding hydrogens is 356 g/mol. The molecule has 3 heterocycles. The molecule has 1 aromatic carbocycles. The number of carbonyl (C=O) groups excluding carboxylic acids is 1. The number of benzene rings is 1. The van der Waals surface area contributed by atoms with E-state index >= 15 is 0 Å². The minimum absolute atomic E-state index is 0.0561. The van der Waals surface area contributed by atoms with Crippen LogP contribution in [-0.2, 0) is 0 Å². The van der Waals surface area contributed by atoms with Crippen LogP contribution in [0.1, 0.15) is 34.9 Å². The zero-order chi connectivity index (χ0) is 19.1. The second-order valence-electron chi connectivity index (χ2n) is 7.30. The van der Waals surface area contributed by atoms with Crippen molar-refractivity contribution in [2.75, 3.05) is 38.2 Å². The summed E-state index contributed by atoms with van der Waals surface area (Å²) < 4.78 is 7.04. The van der Waals surface area contributed by atoms with E-state index in [1.165, 1.54) is 12.8 Å². The zero-order valence-corrected chi connectivity index (χ0v) is 15.8. The lowest BCUT2D eigenvalue weighted by molar-refractivity contribution is 0.0746. The van der Waals surface area contributed by atoms with E-state index in [1.54, 1.807) is 7.11 Å². The van der Waals surface area contributed by atoms with Gasteiger partial charge < -0.3 is 14.5 Å². The summed E-state index contributed by atoms with van der Waals surface area (Å²) in [7, 11) is 1.62. The van der Waals surface area contributed by atoms with Crippen molar-refractivity contribution in [3.63, 3.8) is 0 Å². The van der Waals surface area contributed by atoms with E-state index in [9.17, 15) is 4.79 Å². The number of anilines is 1. The third kappa shape index (κ3) is 3.04. The Morgan fingerprint density at radius 2 is 1.75 bits per heavy atom. The van der Waals surface area contributed by atoms with Gasteiger partial charge >= 0.3 is 0 Å². The SMILES string of the molecule is COc1ccc(C(=O)N2CCN(c3ccc4nnc(C5CC5)n4n3)CC2)cc1. The molecule has 8 nitrogen and oxygen atoms in total. The highest BCUT2D eigenvalue weighted by Crippen LogP contribution is 2.38. The molecule has 0 spiro atoms. The molecule has 28 heavy (non-hydrogen) atoms. The molecule has 1 saturated carbocycles. The molecule has 2 aliphatic rings. The first-order chi connectivity index (χ1) is 13.7. The second kappa shape index (κ2) is 6.78. The normalized spacial score (nSPS) is 17.2. The number of amides is 1. The summed E-state index contributed by atoms with van der Waals surface area (Å²) in [5.74, 6) is 3.18. The van der Waals surface area contributed by atoms with Crippen LogP contribution >= 0.6 is 0 Å². The molecule has 0 atom stereocenters. The zero-order valence-electron chi connectivity index (χ0n) is 15.8. The van der Waals surface area contributed by atoms with Gasteiger partial charge in [-0.25, -0.2) is 0 Å². The van der Waals surface area contributed by atoms with Gasteiger partial charge in [0, 0.05) is 37.7 Å². The number of rotatable bonds is 4. The van der Waals surface area contributed by atoms with Gasteiger partial charge in [-0.05, 0) is 49.2 Å². The second-order valence-corrected chi connectivity index (χ2v) is 7.30. The molecule has 0 unspecified atom stereocenters. The van der Waals surface area contributed by atoms with Crippen molar-refractivity contribution in [3.05, 3.63) is 47.8 Å². The number of aromatic nitrogens is 4. The van der Waals surface area contributed by atoms with Crippen LogP contribution in [0, 0.1) is 0 Å². The Hall–Kier alpha value is -3.16. The Morgan fingerprint density at radius 3 is 2.43 bits per heavy atom. The Bertz CT molecular complexity index is 1000. The van der Waals surface area contributed by atoms with Gasteiger partial charge in [0.15, 0.2) is 11.5 Å². The van der Waals surface area contributed by atoms with Gasteiger partial charge in [0.05, 0.1) is 7.11 Å². The van der Waals surface area contributed by atoms with Crippen molar-refractivity contribution in [1.29, 1.82) is 0 Å². The summed E-state index contributed by atoms with van der Waals surface area (Å²) >= 11 is 0. The van der Waals surface area contributed by atoms with Gasteiger partial charge in [0.1, 0.15) is 11.6 Å².